The number of benzene rings is 2. The van der Waals surface area contributed by atoms with Crippen molar-refractivity contribution < 1.29 is 13.6 Å². The molecule has 1 amide bonds. The van der Waals surface area contributed by atoms with Crippen LogP contribution in [0.5, 0.6) is 0 Å². The number of carbonyl (C=O) groups is 1. The highest BCUT2D eigenvalue weighted by Gasteiger charge is 2.32. The van der Waals surface area contributed by atoms with Crippen LogP contribution in [0.2, 0.25) is 0 Å². The quantitative estimate of drug-likeness (QED) is 0.737. The number of rotatable bonds is 6. The normalized spacial score (nSPS) is 13.8. The number of hydrogen-bond acceptors (Lipinski definition) is 2. The first-order valence-electron chi connectivity index (χ1n) is 7.55. The van der Waals surface area contributed by atoms with Crippen molar-refractivity contribution in [2.24, 2.45) is 0 Å². The van der Waals surface area contributed by atoms with E-state index < -0.39 is 11.6 Å². The average Bonchev–Trinajstić information content (AvgIpc) is 3.38. The van der Waals surface area contributed by atoms with Gasteiger partial charge < -0.3 is 4.90 Å². The van der Waals surface area contributed by atoms with Crippen LogP contribution in [0, 0.1) is 11.6 Å². The zero-order valence-corrected chi connectivity index (χ0v) is 13.4. The standard InChI is InChI=1S/C18H17F2NOS/c19-14-7-6-13(17(20)10-14)11-21(15-8-9-15)18(22)12-23-16-4-2-1-3-5-16/h1-7,10,15H,8-9,11-12H2. The van der Waals surface area contributed by atoms with Gasteiger partial charge in [-0.2, -0.15) is 0 Å². The topological polar surface area (TPSA) is 20.3 Å². The van der Waals surface area contributed by atoms with E-state index in [1.807, 2.05) is 30.3 Å². The molecule has 1 saturated carbocycles. The Morgan fingerprint density at radius 1 is 1.13 bits per heavy atom. The van der Waals surface area contributed by atoms with Gasteiger partial charge in [-0.3, -0.25) is 4.79 Å². The second-order valence-corrected chi connectivity index (χ2v) is 6.64. The van der Waals surface area contributed by atoms with Crippen molar-refractivity contribution in [2.45, 2.75) is 30.3 Å². The van der Waals surface area contributed by atoms with E-state index in [1.165, 1.54) is 23.9 Å². The molecule has 0 aliphatic heterocycles. The van der Waals surface area contributed by atoms with E-state index in [-0.39, 0.29) is 18.5 Å². The van der Waals surface area contributed by atoms with Crippen LogP contribution in [0.25, 0.3) is 0 Å². The zero-order valence-electron chi connectivity index (χ0n) is 12.5. The lowest BCUT2D eigenvalue weighted by molar-refractivity contribution is -0.129. The predicted molar refractivity (Wildman–Crippen MR) is 87.1 cm³/mol. The maximum atomic E-state index is 13.8. The molecule has 0 bridgehead atoms. The van der Waals surface area contributed by atoms with Gasteiger partial charge in [0.1, 0.15) is 11.6 Å². The third kappa shape index (κ3) is 4.32. The fraction of sp³-hybridized carbons (Fsp3) is 0.278. The molecule has 1 aliphatic rings. The van der Waals surface area contributed by atoms with Crippen LogP contribution >= 0.6 is 11.8 Å². The molecule has 0 atom stereocenters. The molecule has 120 valence electrons. The van der Waals surface area contributed by atoms with Gasteiger partial charge in [0.15, 0.2) is 0 Å². The SMILES string of the molecule is O=C(CSc1ccccc1)N(Cc1ccc(F)cc1F)C1CC1. The summed E-state index contributed by atoms with van der Waals surface area (Å²) in [4.78, 5) is 15.2. The van der Waals surface area contributed by atoms with Crippen molar-refractivity contribution in [3.63, 3.8) is 0 Å². The molecule has 0 unspecified atom stereocenters. The third-order valence-electron chi connectivity index (χ3n) is 3.77. The highest BCUT2D eigenvalue weighted by Crippen LogP contribution is 2.30. The Labute approximate surface area is 138 Å². The van der Waals surface area contributed by atoms with Crippen LogP contribution in [-0.4, -0.2) is 22.6 Å². The van der Waals surface area contributed by atoms with Crippen molar-refractivity contribution in [2.75, 3.05) is 5.75 Å². The summed E-state index contributed by atoms with van der Waals surface area (Å²) >= 11 is 1.47. The van der Waals surface area contributed by atoms with Gasteiger partial charge in [-0.05, 0) is 31.0 Å². The van der Waals surface area contributed by atoms with Crippen molar-refractivity contribution in [3.05, 3.63) is 65.7 Å². The summed E-state index contributed by atoms with van der Waals surface area (Å²) in [6.45, 7) is 0.199. The number of hydrogen-bond donors (Lipinski definition) is 0. The molecule has 1 aliphatic carbocycles. The Morgan fingerprint density at radius 3 is 2.52 bits per heavy atom. The average molecular weight is 333 g/mol. The van der Waals surface area contributed by atoms with E-state index in [0.29, 0.717) is 11.3 Å². The Kier molecular flexibility index (Phi) is 4.96. The number of nitrogens with zero attached hydrogens (tertiary/aromatic N) is 1. The summed E-state index contributed by atoms with van der Waals surface area (Å²) in [5.41, 5.74) is 0.358. The number of amides is 1. The van der Waals surface area contributed by atoms with Gasteiger partial charge in [0.05, 0.1) is 5.75 Å². The molecule has 0 radical (unpaired) electrons. The van der Waals surface area contributed by atoms with Gasteiger partial charge in [-0.1, -0.05) is 24.3 Å². The van der Waals surface area contributed by atoms with Crippen LogP contribution in [0.1, 0.15) is 18.4 Å². The van der Waals surface area contributed by atoms with E-state index in [1.54, 1.807) is 4.90 Å². The Hall–Kier alpha value is -1.88. The van der Waals surface area contributed by atoms with Crippen LogP contribution < -0.4 is 0 Å². The molecular weight excluding hydrogens is 316 g/mol. The van der Waals surface area contributed by atoms with Gasteiger partial charge in [0.25, 0.3) is 0 Å². The lowest BCUT2D eigenvalue weighted by Crippen LogP contribution is -2.34. The first-order chi connectivity index (χ1) is 11.1. The van der Waals surface area contributed by atoms with Crippen molar-refractivity contribution in [3.8, 4) is 0 Å². The molecular formula is C18H17F2NOS. The third-order valence-corrected chi connectivity index (χ3v) is 4.77. The predicted octanol–water partition coefficient (Wildman–Crippen LogP) is 4.25. The molecule has 2 aromatic rings. The van der Waals surface area contributed by atoms with Gasteiger partial charge in [0.2, 0.25) is 5.91 Å². The number of thioether (sulfide) groups is 1. The number of halogens is 2. The van der Waals surface area contributed by atoms with E-state index >= 15 is 0 Å². The lowest BCUT2D eigenvalue weighted by Gasteiger charge is -2.22. The second-order valence-electron chi connectivity index (χ2n) is 5.59. The summed E-state index contributed by atoms with van der Waals surface area (Å²) in [6, 6.07) is 13.4. The van der Waals surface area contributed by atoms with E-state index in [0.717, 1.165) is 23.8 Å². The molecule has 2 aromatic carbocycles. The van der Waals surface area contributed by atoms with Gasteiger partial charge >= 0.3 is 0 Å². The highest BCUT2D eigenvalue weighted by atomic mass is 32.2. The van der Waals surface area contributed by atoms with E-state index in [2.05, 4.69) is 0 Å². The van der Waals surface area contributed by atoms with Crippen molar-refractivity contribution in [1.82, 2.24) is 4.90 Å². The summed E-state index contributed by atoms with van der Waals surface area (Å²) < 4.78 is 26.8. The summed E-state index contributed by atoms with van der Waals surface area (Å²) in [5, 5.41) is 0. The largest absolute Gasteiger partial charge is 0.335 e. The molecule has 3 rings (SSSR count). The highest BCUT2D eigenvalue weighted by molar-refractivity contribution is 8.00. The van der Waals surface area contributed by atoms with Gasteiger partial charge in [-0.15, -0.1) is 11.8 Å². The molecule has 0 spiro atoms. The van der Waals surface area contributed by atoms with Crippen LogP contribution in [0.4, 0.5) is 8.78 Å². The molecule has 23 heavy (non-hydrogen) atoms. The van der Waals surface area contributed by atoms with Crippen molar-refractivity contribution >= 4 is 17.7 Å². The van der Waals surface area contributed by atoms with Crippen LogP contribution in [0.3, 0.4) is 0 Å². The smallest absolute Gasteiger partial charge is 0.233 e. The minimum atomic E-state index is -0.602. The molecule has 5 heteroatoms. The molecule has 0 heterocycles. The van der Waals surface area contributed by atoms with E-state index in [9.17, 15) is 13.6 Å². The maximum Gasteiger partial charge on any atom is 0.233 e. The molecule has 1 fully saturated rings. The minimum absolute atomic E-state index is 0.00919. The fourth-order valence-electron chi connectivity index (χ4n) is 2.39. The minimum Gasteiger partial charge on any atom is -0.335 e. The summed E-state index contributed by atoms with van der Waals surface area (Å²) in [6.07, 6.45) is 1.90. The second kappa shape index (κ2) is 7.13. The van der Waals surface area contributed by atoms with Gasteiger partial charge in [-0.25, -0.2) is 8.78 Å². The number of carbonyl (C=O) groups excluding carboxylic acids is 1. The lowest BCUT2D eigenvalue weighted by atomic mass is 10.2. The monoisotopic (exact) mass is 333 g/mol. The summed E-state index contributed by atoms with van der Waals surface area (Å²) in [7, 11) is 0. The Balaban J connectivity index is 1.65. The van der Waals surface area contributed by atoms with Gasteiger partial charge in [0, 0.05) is 29.1 Å². The fourth-order valence-corrected chi connectivity index (χ4v) is 3.19. The Bertz CT molecular complexity index is 689. The van der Waals surface area contributed by atoms with E-state index in [4.69, 9.17) is 0 Å². The first-order valence-corrected chi connectivity index (χ1v) is 8.53. The van der Waals surface area contributed by atoms with Crippen molar-refractivity contribution in [1.29, 1.82) is 0 Å². The molecule has 0 saturated heterocycles. The zero-order chi connectivity index (χ0) is 16.2. The first kappa shape index (κ1) is 16.0. The van der Waals surface area contributed by atoms with Crippen LogP contribution in [-0.2, 0) is 11.3 Å². The Morgan fingerprint density at radius 2 is 1.87 bits per heavy atom. The maximum absolute atomic E-state index is 13.8. The summed E-state index contributed by atoms with van der Waals surface area (Å²) in [5.74, 6) is -0.886. The molecule has 2 nitrogen and oxygen atoms in total. The molecule has 0 N–H and O–H groups in total. The van der Waals surface area contributed by atoms with Crippen LogP contribution in [0.15, 0.2) is 53.4 Å². The molecule has 0 aromatic heterocycles.